The Kier molecular flexibility index (Phi) is 5.31. The van der Waals surface area contributed by atoms with Crippen LogP contribution in [0.1, 0.15) is 0 Å². The predicted octanol–water partition coefficient (Wildman–Crippen LogP) is 0.575. The number of methoxy groups -OCH3 is 1. The number of anilines is 1. The van der Waals surface area contributed by atoms with E-state index in [1.165, 1.54) is 6.20 Å². The molecule has 0 aromatic carbocycles. The third-order valence-corrected chi connectivity index (χ3v) is 2.14. The Bertz CT molecular complexity index is 298. The van der Waals surface area contributed by atoms with E-state index < -0.39 is 0 Å². The van der Waals surface area contributed by atoms with Gasteiger partial charge >= 0.3 is 0 Å². The molecule has 5 nitrogen and oxygen atoms in total. The maximum atomic E-state index is 8.91. The fourth-order valence-electron chi connectivity index (χ4n) is 1.17. The standard InChI is InChI=1S/C9H14ClN3O2/c1-15-7-5-13(4-6-14)9-8(10)11-2-3-12-9/h2-3,14H,4-7H2,1H3. The number of hydrogen-bond acceptors (Lipinski definition) is 5. The number of aliphatic hydroxyl groups excluding tert-OH is 1. The highest BCUT2D eigenvalue weighted by atomic mass is 35.5. The molecule has 6 heteroatoms. The van der Waals surface area contributed by atoms with Crippen LogP contribution in [0, 0.1) is 0 Å². The Morgan fingerprint density at radius 1 is 1.40 bits per heavy atom. The van der Waals surface area contributed by atoms with Gasteiger partial charge in [-0.3, -0.25) is 0 Å². The molecule has 0 saturated heterocycles. The van der Waals surface area contributed by atoms with E-state index in [1.807, 2.05) is 4.90 Å². The minimum absolute atomic E-state index is 0.0383. The van der Waals surface area contributed by atoms with E-state index in [0.29, 0.717) is 30.7 Å². The van der Waals surface area contributed by atoms with Gasteiger partial charge in [0.2, 0.25) is 0 Å². The van der Waals surface area contributed by atoms with Crippen molar-refractivity contribution in [2.75, 3.05) is 38.3 Å². The summed E-state index contributed by atoms with van der Waals surface area (Å²) in [7, 11) is 1.62. The fraction of sp³-hybridized carbons (Fsp3) is 0.556. The Hall–Kier alpha value is -0.910. The summed E-state index contributed by atoms with van der Waals surface area (Å²) in [6.45, 7) is 1.67. The number of hydrogen-bond donors (Lipinski definition) is 1. The van der Waals surface area contributed by atoms with Crippen LogP contribution in [0.15, 0.2) is 12.4 Å². The summed E-state index contributed by atoms with van der Waals surface area (Å²) in [5.74, 6) is 0.574. The lowest BCUT2D eigenvalue weighted by Gasteiger charge is -2.22. The Morgan fingerprint density at radius 2 is 2.13 bits per heavy atom. The molecule has 1 N–H and O–H groups in total. The molecule has 1 aromatic rings. The third kappa shape index (κ3) is 3.62. The van der Waals surface area contributed by atoms with Crippen LogP contribution in [0.3, 0.4) is 0 Å². The second-order valence-corrected chi connectivity index (χ2v) is 3.23. The monoisotopic (exact) mass is 231 g/mol. The molecule has 0 fully saturated rings. The van der Waals surface area contributed by atoms with E-state index in [4.69, 9.17) is 21.4 Å². The maximum absolute atomic E-state index is 8.91. The van der Waals surface area contributed by atoms with Gasteiger partial charge in [0.05, 0.1) is 13.2 Å². The van der Waals surface area contributed by atoms with Crippen molar-refractivity contribution in [3.05, 3.63) is 17.5 Å². The fourth-order valence-corrected chi connectivity index (χ4v) is 1.40. The molecule has 0 aliphatic carbocycles. The summed E-state index contributed by atoms with van der Waals surface area (Å²) in [6.07, 6.45) is 3.09. The molecule has 0 aliphatic heterocycles. The van der Waals surface area contributed by atoms with Gasteiger partial charge in [-0.05, 0) is 0 Å². The molecule has 0 bridgehead atoms. The average Bonchev–Trinajstić information content (AvgIpc) is 2.25. The van der Waals surface area contributed by atoms with Crippen molar-refractivity contribution in [2.24, 2.45) is 0 Å². The molecule has 15 heavy (non-hydrogen) atoms. The molecule has 0 aliphatic rings. The van der Waals surface area contributed by atoms with Gasteiger partial charge in [0.25, 0.3) is 0 Å². The van der Waals surface area contributed by atoms with Crippen LogP contribution in [-0.2, 0) is 4.74 Å². The van der Waals surface area contributed by atoms with Gasteiger partial charge in [0.1, 0.15) is 0 Å². The maximum Gasteiger partial charge on any atom is 0.171 e. The van der Waals surface area contributed by atoms with E-state index in [-0.39, 0.29) is 6.61 Å². The lowest BCUT2D eigenvalue weighted by molar-refractivity contribution is 0.202. The minimum atomic E-state index is 0.0383. The summed E-state index contributed by atoms with van der Waals surface area (Å²) >= 11 is 5.90. The van der Waals surface area contributed by atoms with Crippen LogP contribution in [0.2, 0.25) is 5.15 Å². The Labute approximate surface area is 93.7 Å². The second-order valence-electron chi connectivity index (χ2n) is 2.87. The molecular formula is C9H14ClN3O2. The number of ether oxygens (including phenoxy) is 1. The molecule has 0 radical (unpaired) electrons. The number of halogens is 1. The molecule has 1 aromatic heterocycles. The Balaban J connectivity index is 2.74. The van der Waals surface area contributed by atoms with E-state index in [2.05, 4.69) is 9.97 Å². The smallest absolute Gasteiger partial charge is 0.171 e. The Morgan fingerprint density at radius 3 is 2.73 bits per heavy atom. The van der Waals surface area contributed by atoms with Crippen molar-refractivity contribution in [1.29, 1.82) is 0 Å². The van der Waals surface area contributed by atoms with Gasteiger partial charge in [-0.1, -0.05) is 11.6 Å². The van der Waals surface area contributed by atoms with Gasteiger partial charge in [-0.2, -0.15) is 0 Å². The van der Waals surface area contributed by atoms with Crippen molar-refractivity contribution >= 4 is 17.4 Å². The first kappa shape index (κ1) is 12.2. The van der Waals surface area contributed by atoms with Gasteiger partial charge in [0, 0.05) is 32.6 Å². The number of aromatic nitrogens is 2. The van der Waals surface area contributed by atoms with Crippen LogP contribution < -0.4 is 4.90 Å². The molecule has 0 unspecified atom stereocenters. The largest absolute Gasteiger partial charge is 0.395 e. The van der Waals surface area contributed by atoms with Crippen LogP contribution in [-0.4, -0.2) is 48.5 Å². The molecule has 1 rings (SSSR count). The van der Waals surface area contributed by atoms with E-state index in [9.17, 15) is 0 Å². The normalized spacial score (nSPS) is 10.3. The van der Waals surface area contributed by atoms with Crippen LogP contribution in [0.25, 0.3) is 0 Å². The molecule has 0 amide bonds. The zero-order chi connectivity index (χ0) is 11.1. The molecule has 1 heterocycles. The van der Waals surface area contributed by atoms with E-state index in [1.54, 1.807) is 13.3 Å². The summed E-state index contributed by atoms with van der Waals surface area (Å²) in [5.41, 5.74) is 0. The summed E-state index contributed by atoms with van der Waals surface area (Å²) in [4.78, 5) is 9.88. The van der Waals surface area contributed by atoms with Gasteiger partial charge in [-0.25, -0.2) is 9.97 Å². The van der Waals surface area contributed by atoms with Gasteiger partial charge < -0.3 is 14.7 Å². The lowest BCUT2D eigenvalue weighted by atomic mass is 10.4. The van der Waals surface area contributed by atoms with Crippen molar-refractivity contribution in [3.63, 3.8) is 0 Å². The lowest BCUT2D eigenvalue weighted by Crippen LogP contribution is -2.31. The summed E-state index contributed by atoms with van der Waals surface area (Å²) in [5, 5.41) is 9.25. The van der Waals surface area contributed by atoms with Crippen molar-refractivity contribution < 1.29 is 9.84 Å². The molecule has 0 saturated carbocycles. The van der Waals surface area contributed by atoms with Crippen LogP contribution >= 0.6 is 11.6 Å². The topological polar surface area (TPSA) is 58.5 Å². The quantitative estimate of drug-likeness (QED) is 0.776. The zero-order valence-electron chi connectivity index (χ0n) is 8.56. The highest BCUT2D eigenvalue weighted by Gasteiger charge is 2.11. The van der Waals surface area contributed by atoms with E-state index in [0.717, 1.165) is 0 Å². The van der Waals surface area contributed by atoms with Crippen LogP contribution in [0.4, 0.5) is 5.82 Å². The SMILES string of the molecule is COCCN(CCO)c1nccnc1Cl. The summed E-state index contributed by atoms with van der Waals surface area (Å²) < 4.78 is 4.97. The number of nitrogens with zero attached hydrogens (tertiary/aromatic N) is 3. The zero-order valence-corrected chi connectivity index (χ0v) is 9.31. The van der Waals surface area contributed by atoms with Crippen LogP contribution in [0.5, 0.6) is 0 Å². The first-order chi connectivity index (χ1) is 7.29. The molecule has 84 valence electrons. The molecule has 0 spiro atoms. The summed E-state index contributed by atoms with van der Waals surface area (Å²) in [6, 6.07) is 0. The van der Waals surface area contributed by atoms with E-state index >= 15 is 0 Å². The first-order valence-electron chi connectivity index (χ1n) is 4.61. The molecule has 0 atom stereocenters. The van der Waals surface area contributed by atoms with Crippen molar-refractivity contribution in [2.45, 2.75) is 0 Å². The second kappa shape index (κ2) is 6.55. The van der Waals surface area contributed by atoms with Gasteiger partial charge in [-0.15, -0.1) is 0 Å². The first-order valence-corrected chi connectivity index (χ1v) is 4.98. The number of rotatable bonds is 6. The minimum Gasteiger partial charge on any atom is -0.395 e. The van der Waals surface area contributed by atoms with Crippen molar-refractivity contribution in [1.82, 2.24) is 9.97 Å². The average molecular weight is 232 g/mol. The third-order valence-electron chi connectivity index (χ3n) is 1.87. The highest BCUT2D eigenvalue weighted by Crippen LogP contribution is 2.18. The molecular weight excluding hydrogens is 218 g/mol. The highest BCUT2D eigenvalue weighted by molar-refractivity contribution is 6.31. The predicted molar refractivity (Wildman–Crippen MR) is 58.2 cm³/mol. The van der Waals surface area contributed by atoms with Gasteiger partial charge in [0.15, 0.2) is 11.0 Å². The number of aliphatic hydroxyl groups is 1. The van der Waals surface area contributed by atoms with Crippen molar-refractivity contribution in [3.8, 4) is 0 Å².